The van der Waals surface area contributed by atoms with Crippen molar-refractivity contribution in [2.75, 3.05) is 19.8 Å². The van der Waals surface area contributed by atoms with Gasteiger partial charge in [-0.25, -0.2) is 8.42 Å². The average molecular weight is 386 g/mol. The third kappa shape index (κ3) is 4.08. The first-order valence-corrected chi connectivity index (χ1v) is 11.5. The summed E-state index contributed by atoms with van der Waals surface area (Å²) < 4.78 is 34.1. The zero-order valence-electron chi connectivity index (χ0n) is 13.8. The van der Waals surface area contributed by atoms with Crippen LogP contribution in [0, 0.1) is 0 Å². The minimum absolute atomic E-state index is 0.0379. The highest BCUT2D eigenvalue weighted by Crippen LogP contribution is 2.29. The first-order valence-electron chi connectivity index (χ1n) is 8.32. The van der Waals surface area contributed by atoms with Crippen LogP contribution in [0.5, 0.6) is 0 Å². The van der Waals surface area contributed by atoms with Gasteiger partial charge >= 0.3 is 0 Å². The molecular formula is C17H23NO3S3. The van der Waals surface area contributed by atoms with E-state index in [1.54, 1.807) is 21.7 Å². The van der Waals surface area contributed by atoms with E-state index in [2.05, 4.69) is 13.0 Å². The molecule has 0 saturated carbocycles. The Hall–Kier alpha value is -0.730. The highest BCUT2D eigenvalue weighted by atomic mass is 32.2. The average Bonchev–Trinajstić information content (AvgIpc) is 3.27. The van der Waals surface area contributed by atoms with Crippen molar-refractivity contribution in [3.8, 4) is 0 Å². The van der Waals surface area contributed by atoms with Crippen molar-refractivity contribution in [2.24, 2.45) is 0 Å². The van der Waals surface area contributed by atoms with Gasteiger partial charge in [-0.2, -0.15) is 4.31 Å². The Kier molecular flexibility index (Phi) is 6.10. The molecule has 24 heavy (non-hydrogen) atoms. The lowest BCUT2D eigenvalue weighted by atomic mass is 10.1. The molecule has 0 N–H and O–H groups in total. The van der Waals surface area contributed by atoms with Crippen molar-refractivity contribution in [3.05, 3.63) is 39.4 Å². The van der Waals surface area contributed by atoms with Crippen LogP contribution in [0.2, 0.25) is 0 Å². The van der Waals surface area contributed by atoms with Crippen LogP contribution >= 0.6 is 22.7 Å². The van der Waals surface area contributed by atoms with E-state index in [1.807, 2.05) is 17.5 Å². The predicted molar refractivity (Wildman–Crippen MR) is 99.5 cm³/mol. The molecule has 0 unspecified atom stereocenters. The Bertz CT molecular complexity index is 731. The monoisotopic (exact) mass is 385 g/mol. The zero-order chi connectivity index (χ0) is 17.0. The minimum atomic E-state index is -3.44. The first-order chi connectivity index (χ1) is 11.6. The van der Waals surface area contributed by atoms with Crippen molar-refractivity contribution in [2.45, 2.75) is 42.9 Å². The molecule has 2 aromatic rings. The predicted octanol–water partition coefficient (Wildman–Crippen LogP) is 3.78. The van der Waals surface area contributed by atoms with E-state index in [9.17, 15) is 8.42 Å². The van der Waals surface area contributed by atoms with E-state index in [-0.39, 0.29) is 6.04 Å². The van der Waals surface area contributed by atoms with E-state index in [1.165, 1.54) is 16.2 Å². The molecule has 1 aliphatic rings. The van der Waals surface area contributed by atoms with E-state index in [0.717, 1.165) is 30.6 Å². The molecule has 0 amide bonds. The van der Waals surface area contributed by atoms with Gasteiger partial charge in [0.05, 0.1) is 0 Å². The summed E-state index contributed by atoms with van der Waals surface area (Å²) in [5, 5.41) is 2.04. The highest BCUT2D eigenvalue weighted by Gasteiger charge is 2.33. The number of hydrogen-bond acceptors (Lipinski definition) is 5. The van der Waals surface area contributed by atoms with Gasteiger partial charge in [-0.15, -0.1) is 22.7 Å². The van der Waals surface area contributed by atoms with E-state index in [4.69, 9.17) is 4.74 Å². The van der Waals surface area contributed by atoms with Gasteiger partial charge in [-0.05, 0) is 49.3 Å². The maximum Gasteiger partial charge on any atom is 0.252 e. The molecule has 1 fully saturated rings. The number of hydrogen-bond donors (Lipinski definition) is 0. The molecular weight excluding hydrogens is 362 g/mol. The van der Waals surface area contributed by atoms with Crippen LogP contribution in [0.3, 0.4) is 0 Å². The fourth-order valence-corrected chi connectivity index (χ4v) is 6.76. The van der Waals surface area contributed by atoms with Gasteiger partial charge in [0.15, 0.2) is 0 Å². The van der Waals surface area contributed by atoms with Crippen molar-refractivity contribution >= 4 is 32.7 Å². The smallest absolute Gasteiger partial charge is 0.252 e. The summed E-state index contributed by atoms with van der Waals surface area (Å²) in [6.45, 7) is 3.86. The van der Waals surface area contributed by atoms with Gasteiger partial charge in [0.2, 0.25) is 0 Å². The molecule has 0 aliphatic carbocycles. The number of rotatable bonds is 7. The van der Waals surface area contributed by atoms with Crippen LogP contribution in [-0.2, 0) is 27.6 Å². The molecule has 0 bridgehead atoms. The summed E-state index contributed by atoms with van der Waals surface area (Å²) in [5.41, 5.74) is 0. The van der Waals surface area contributed by atoms with Crippen molar-refractivity contribution in [1.82, 2.24) is 4.31 Å². The normalized spacial score (nSPS) is 16.8. The Balaban J connectivity index is 1.83. The van der Waals surface area contributed by atoms with Crippen LogP contribution in [0.4, 0.5) is 0 Å². The van der Waals surface area contributed by atoms with Gasteiger partial charge in [0, 0.05) is 35.6 Å². The third-order valence-corrected chi connectivity index (χ3v) is 8.89. The molecule has 3 heterocycles. The maximum absolute atomic E-state index is 13.2. The van der Waals surface area contributed by atoms with Gasteiger partial charge in [0.25, 0.3) is 10.0 Å². The van der Waals surface area contributed by atoms with Crippen molar-refractivity contribution < 1.29 is 13.2 Å². The van der Waals surface area contributed by atoms with Gasteiger partial charge < -0.3 is 4.74 Å². The Labute approximate surface area is 152 Å². The van der Waals surface area contributed by atoms with Crippen molar-refractivity contribution in [1.29, 1.82) is 0 Å². The molecule has 1 aliphatic heterocycles. The number of ether oxygens (including phenoxy) is 1. The molecule has 2 aromatic heterocycles. The van der Waals surface area contributed by atoms with E-state index >= 15 is 0 Å². The largest absolute Gasteiger partial charge is 0.381 e. The molecule has 0 aromatic carbocycles. The summed E-state index contributed by atoms with van der Waals surface area (Å²) in [6, 6.07) is 7.81. The van der Waals surface area contributed by atoms with Crippen molar-refractivity contribution in [3.63, 3.8) is 0 Å². The van der Waals surface area contributed by atoms with Gasteiger partial charge in [-0.1, -0.05) is 13.0 Å². The summed E-state index contributed by atoms with van der Waals surface area (Å²) in [7, 11) is -3.44. The number of sulfonamides is 1. The lowest BCUT2D eigenvalue weighted by Gasteiger charge is -2.33. The van der Waals surface area contributed by atoms with E-state index < -0.39 is 10.0 Å². The number of aryl methyl sites for hydroxylation is 1. The van der Waals surface area contributed by atoms with Crippen LogP contribution < -0.4 is 0 Å². The molecule has 0 spiro atoms. The lowest BCUT2D eigenvalue weighted by molar-refractivity contribution is 0.0587. The molecule has 3 rings (SSSR count). The molecule has 4 nitrogen and oxygen atoms in total. The van der Waals surface area contributed by atoms with Gasteiger partial charge in [0.1, 0.15) is 4.21 Å². The molecule has 0 radical (unpaired) electrons. The topological polar surface area (TPSA) is 46.6 Å². The van der Waals surface area contributed by atoms with E-state index in [0.29, 0.717) is 24.0 Å². The highest BCUT2D eigenvalue weighted by molar-refractivity contribution is 7.91. The maximum atomic E-state index is 13.2. The summed E-state index contributed by atoms with van der Waals surface area (Å²) >= 11 is 3.08. The second-order valence-electron chi connectivity index (χ2n) is 5.86. The number of nitrogens with zero attached hydrogens (tertiary/aromatic N) is 1. The standard InChI is InChI=1S/C17H23NO3S3/c1-2-15-5-6-17(23-15)24(19,20)18(14-8-11-21-12-9-14)10-7-16-4-3-13-22-16/h3-6,13-14H,2,7-12H2,1H3. The fourth-order valence-electron chi connectivity index (χ4n) is 2.95. The summed E-state index contributed by atoms with van der Waals surface area (Å²) in [4.78, 5) is 2.33. The van der Waals surface area contributed by atoms with Crippen LogP contribution in [0.1, 0.15) is 29.5 Å². The molecule has 132 valence electrons. The SMILES string of the molecule is CCc1ccc(S(=O)(=O)N(CCc2cccs2)C2CCOCC2)s1. The summed E-state index contributed by atoms with van der Waals surface area (Å²) in [5.74, 6) is 0. The Morgan fingerprint density at radius 3 is 2.62 bits per heavy atom. The zero-order valence-corrected chi connectivity index (χ0v) is 16.3. The number of thiophene rings is 2. The fraction of sp³-hybridized carbons (Fsp3) is 0.529. The summed E-state index contributed by atoms with van der Waals surface area (Å²) in [6.07, 6.45) is 3.18. The van der Waals surface area contributed by atoms with Gasteiger partial charge in [-0.3, -0.25) is 0 Å². The van der Waals surface area contributed by atoms with Crippen LogP contribution in [0.15, 0.2) is 33.9 Å². The van der Waals surface area contributed by atoms with Crippen LogP contribution in [-0.4, -0.2) is 38.5 Å². The quantitative estimate of drug-likeness (QED) is 0.729. The molecule has 0 atom stereocenters. The second kappa shape index (κ2) is 8.10. The molecule has 7 heteroatoms. The molecule has 1 saturated heterocycles. The first kappa shape index (κ1) is 18.1. The Morgan fingerprint density at radius 1 is 1.21 bits per heavy atom. The minimum Gasteiger partial charge on any atom is -0.381 e. The second-order valence-corrected chi connectivity index (χ2v) is 10.2. The Morgan fingerprint density at radius 2 is 2.00 bits per heavy atom. The van der Waals surface area contributed by atoms with Crippen LogP contribution in [0.25, 0.3) is 0 Å². The third-order valence-electron chi connectivity index (χ3n) is 4.31. The lowest BCUT2D eigenvalue weighted by Crippen LogP contribution is -2.44.